The van der Waals surface area contributed by atoms with Crippen LogP contribution in [0, 0.1) is 15.9 Å². The number of imide groups is 1. The second kappa shape index (κ2) is 9.85. The molecule has 5 rings (SSSR count). The van der Waals surface area contributed by atoms with Gasteiger partial charge in [0.05, 0.1) is 30.6 Å². The fourth-order valence-corrected chi connectivity index (χ4v) is 6.33. The Labute approximate surface area is 222 Å². The first-order valence-corrected chi connectivity index (χ1v) is 13.7. The number of thioether (sulfide) groups is 1. The summed E-state index contributed by atoms with van der Waals surface area (Å²) in [6, 6.07) is 13.7. The summed E-state index contributed by atoms with van der Waals surface area (Å²) in [6.07, 6.45) is 1.46. The number of fused-ring (bicyclic) bond motifs is 1. The summed E-state index contributed by atoms with van der Waals surface area (Å²) in [6.45, 7) is 0. The maximum atomic E-state index is 14.7. The number of hydrogen-bond donors (Lipinski definition) is 3. The summed E-state index contributed by atoms with van der Waals surface area (Å²) in [4.78, 5) is 37.8. The van der Waals surface area contributed by atoms with Crippen molar-refractivity contribution >= 4 is 82.8 Å². The Morgan fingerprint density at radius 2 is 1.84 bits per heavy atom. The number of thiazole rings is 1. The smallest absolute Gasteiger partial charge is 0.290 e. The number of benzene rings is 3. The van der Waals surface area contributed by atoms with E-state index >= 15 is 0 Å². The van der Waals surface area contributed by atoms with Gasteiger partial charge in [0.2, 0.25) is 0 Å². The first-order chi connectivity index (χ1) is 18.1. The number of sulfonamides is 1. The number of nitrogens with zero attached hydrogens (tertiary/aromatic N) is 2. The van der Waals surface area contributed by atoms with E-state index in [1.54, 1.807) is 0 Å². The van der Waals surface area contributed by atoms with Gasteiger partial charge in [-0.1, -0.05) is 29.5 Å². The summed E-state index contributed by atoms with van der Waals surface area (Å²) in [5.74, 6) is -1.17. The summed E-state index contributed by atoms with van der Waals surface area (Å²) in [7, 11) is -4.07. The van der Waals surface area contributed by atoms with Crippen LogP contribution >= 0.6 is 23.1 Å². The van der Waals surface area contributed by atoms with Gasteiger partial charge in [-0.3, -0.25) is 29.7 Å². The molecule has 3 N–H and O–H groups in total. The topological polar surface area (TPSA) is 160 Å². The van der Waals surface area contributed by atoms with E-state index in [2.05, 4.69) is 20.3 Å². The minimum Gasteiger partial charge on any atom is -0.352 e. The number of hydrogen-bond acceptors (Lipinski definition) is 10. The van der Waals surface area contributed by atoms with E-state index in [0.717, 1.165) is 29.2 Å². The fourth-order valence-electron chi connectivity index (χ4n) is 3.46. The Kier molecular flexibility index (Phi) is 6.56. The molecule has 0 spiro atoms. The SMILES string of the molecule is O=C1NC(=O)/C(=C/c2ccc(S(=O)(=O)Nc3nc4ccc(F)c(Nc5cccc([N+](=O)[O-])c5)c4s3)cc2)S1. The first-order valence-electron chi connectivity index (χ1n) is 10.6. The average molecular weight is 572 g/mol. The molecule has 0 aliphatic carbocycles. The van der Waals surface area contributed by atoms with E-state index in [0.29, 0.717) is 15.8 Å². The quantitative estimate of drug-likeness (QED) is 0.154. The predicted octanol–water partition coefficient (Wildman–Crippen LogP) is 5.21. The lowest BCUT2D eigenvalue weighted by atomic mass is 10.2. The van der Waals surface area contributed by atoms with Gasteiger partial charge in [-0.05, 0) is 53.7 Å². The standard InChI is InChI=1S/C23H14FN5O6S3/c24-16-8-9-17-20(19(16)25-13-2-1-3-14(11-13)29(32)33)37-22(26-17)28-38(34,35)15-6-4-12(5-7-15)10-18-21(30)27-23(31)36-18/h1-11,25H,(H,26,28)(H,27,30,31)/b18-10-. The van der Waals surface area contributed by atoms with E-state index in [9.17, 15) is 32.5 Å². The Balaban J connectivity index is 1.39. The number of nitro benzene ring substituents is 1. The van der Waals surface area contributed by atoms with Crippen LogP contribution < -0.4 is 15.4 Å². The van der Waals surface area contributed by atoms with Gasteiger partial charge >= 0.3 is 0 Å². The molecular formula is C23H14FN5O6S3. The van der Waals surface area contributed by atoms with E-state index in [1.165, 1.54) is 60.7 Å². The highest BCUT2D eigenvalue weighted by Crippen LogP contribution is 2.37. The Morgan fingerprint density at radius 3 is 2.53 bits per heavy atom. The van der Waals surface area contributed by atoms with Gasteiger partial charge in [0.15, 0.2) is 5.13 Å². The number of carbonyl (C=O) groups is 2. The molecule has 3 aromatic carbocycles. The van der Waals surface area contributed by atoms with Crippen molar-refractivity contribution < 1.29 is 27.3 Å². The van der Waals surface area contributed by atoms with Crippen molar-refractivity contribution in [3.8, 4) is 0 Å². The van der Waals surface area contributed by atoms with Crippen LogP contribution in [0.15, 0.2) is 70.5 Å². The summed E-state index contributed by atoms with van der Waals surface area (Å²) >= 11 is 1.64. The number of amides is 2. The Morgan fingerprint density at radius 1 is 1.08 bits per heavy atom. The second-order valence-corrected chi connectivity index (χ2v) is 11.4. The van der Waals surface area contributed by atoms with Crippen molar-refractivity contribution in [3.63, 3.8) is 0 Å². The number of non-ortho nitro benzene ring substituents is 1. The van der Waals surface area contributed by atoms with Crippen LogP contribution in [0.3, 0.4) is 0 Å². The lowest BCUT2D eigenvalue weighted by Gasteiger charge is -2.08. The lowest BCUT2D eigenvalue weighted by molar-refractivity contribution is -0.384. The highest BCUT2D eigenvalue weighted by atomic mass is 32.2. The second-order valence-electron chi connectivity index (χ2n) is 7.75. The van der Waals surface area contributed by atoms with Gasteiger partial charge in [0.1, 0.15) is 5.82 Å². The van der Waals surface area contributed by atoms with Crippen LogP contribution in [0.25, 0.3) is 16.3 Å². The van der Waals surface area contributed by atoms with E-state index < -0.39 is 31.9 Å². The molecule has 0 saturated carbocycles. The maximum absolute atomic E-state index is 14.7. The van der Waals surface area contributed by atoms with E-state index in [4.69, 9.17) is 0 Å². The minimum atomic E-state index is -4.07. The molecule has 0 bridgehead atoms. The van der Waals surface area contributed by atoms with Crippen molar-refractivity contribution in [2.75, 3.05) is 10.0 Å². The maximum Gasteiger partial charge on any atom is 0.290 e. The Hall–Kier alpha value is -4.34. The number of carbonyl (C=O) groups excluding carboxylic acids is 2. The van der Waals surface area contributed by atoms with Crippen molar-refractivity contribution in [3.05, 3.63) is 87.1 Å². The van der Waals surface area contributed by atoms with Crippen LogP contribution in [0.1, 0.15) is 5.56 Å². The van der Waals surface area contributed by atoms with Crippen molar-refractivity contribution in [2.24, 2.45) is 0 Å². The van der Waals surface area contributed by atoms with Crippen molar-refractivity contribution in [1.29, 1.82) is 0 Å². The van der Waals surface area contributed by atoms with Crippen LogP contribution in [-0.2, 0) is 14.8 Å². The molecule has 15 heteroatoms. The van der Waals surface area contributed by atoms with E-state index in [1.807, 2.05) is 0 Å². The number of rotatable bonds is 7. The van der Waals surface area contributed by atoms with Gasteiger partial charge in [-0.25, -0.2) is 17.8 Å². The van der Waals surface area contributed by atoms with E-state index in [-0.39, 0.29) is 32.0 Å². The minimum absolute atomic E-state index is 0.00404. The fraction of sp³-hybridized carbons (Fsp3) is 0. The summed E-state index contributed by atoms with van der Waals surface area (Å²) in [5.41, 5.74) is 0.917. The summed E-state index contributed by atoms with van der Waals surface area (Å²) in [5, 5.41) is 15.5. The number of halogens is 1. The molecule has 1 aliphatic heterocycles. The molecule has 1 aliphatic rings. The molecule has 192 valence electrons. The molecular weight excluding hydrogens is 557 g/mol. The molecule has 11 nitrogen and oxygen atoms in total. The van der Waals surface area contributed by atoms with Gasteiger partial charge in [-0.15, -0.1) is 0 Å². The van der Waals surface area contributed by atoms with Crippen molar-refractivity contribution in [2.45, 2.75) is 4.90 Å². The summed E-state index contributed by atoms with van der Waals surface area (Å²) < 4.78 is 43.3. The van der Waals surface area contributed by atoms with Gasteiger partial charge in [0.25, 0.3) is 26.9 Å². The molecule has 2 heterocycles. The molecule has 0 unspecified atom stereocenters. The number of anilines is 3. The molecule has 38 heavy (non-hydrogen) atoms. The van der Waals surface area contributed by atoms with Crippen LogP contribution in [0.4, 0.5) is 31.4 Å². The number of aromatic nitrogens is 1. The molecule has 1 saturated heterocycles. The van der Waals surface area contributed by atoms with Gasteiger partial charge in [-0.2, -0.15) is 0 Å². The molecule has 2 amide bonds. The van der Waals surface area contributed by atoms with Crippen molar-refractivity contribution in [1.82, 2.24) is 10.3 Å². The number of nitro groups is 1. The zero-order chi connectivity index (χ0) is 27.0. The monoisotopic (exact) mass is 571 g/mol. The third-order valence-electron chi connectivity index (χ3n) is 5.18. The molecule has 0 atom stereocenters. The third-order valence-corrected chi connectivity index (χ3v) is 8.48. The molecule has 4 aromatic rings. The van der Waals surface area contributed by atoms with Gasteiger partial charge in [0, 0.05) is 17.8 Å². The van der Waals surface area contributed by atoms with Crippen LogP contribution in [-0.4, -0.2) is 29.5 Å². The zero-order valence-electron chi connectivity index (χ0n) is 18.8. The lowest BCUT2D eigenvalue weighted by Crippen LogP contribution is -2.17. The van der Waals surface area contributed by atoms with Crippen LogP contribution in [0.5, 0.6) is 0 Å². The normalized spacial score (nSPS) is 14.6. The largest absolute Gasteiger partial charge is 0.352 e. The third kappa shape index (κ3) is 5.20. The molecule has 0 radical (unpaired) electrons. The van der Waals surface area contributed by atoms with Crippen LogP contribution in [0.2, 0.25) is 0 Å². The molecule has 1 aromatic heterocycles. The van der Waals surface area contributed by atoms with Gasteiger partial charge < -0.3 is 5.32 Å². The highest BCUT2D eigenvalue weighted by molar-refractivity contribution is 8.18. The first kappa shape index (κ1) is 25.3. The average Bonchev–Trinajstić information content (AvgIpc) is 3.42. The molecule has 1 fully saturated rings. The Bertz CT molecular complexity index is 1770. The highest BCUT2D eigenvalue weighted by Gasteiger charge is 2.25. The zero-order valence-corrected chi connectivity index (χ0v) is 21.2. The number of nitrogens with one attached hydrogen (secondary N) is 3. The predicted molar refractivity (Wildman–Crippen MR) is 142 cm³/mol.